The normalized spacial score (nSPS) is 40.7. The minimum absolute atomic E-state index is 0.689. The highest BCUT2D eigenvalue weighted by molar-refractivity contribution is 4.86. The van der Waals surface area contributed by atoms with Crippen LogP contribution in [-0.2, 0) is 0 Å². The van der Waals surface area contributed by atoms with Crippen LogP contribution in [0.1, 0.15) is 52.9 Å². The Bertz CT molecular complexity index is 253. The summed E-state index contributed by atoms with van der Waals surface area (Å²) >= 11 is 0. The van der Waals surface area contributed by atoms with E-state index in [2.05, 4.69) is 38.0 Å². The first-order chi connectivity index (χ1) is 8.56. The molecule has 2 heteroatoms. The van der Waals surface area contributed by atoms with Crippen molar-refractivity contribution in [2.45, 2.75) is 65.0 Å². The zero-order valence-electron chi connectivity index (χ0n) is 12.8. The van der Waals surface area contributed by atoms with Crippen LogP contribution in [-0.4, -0.2) is 37.1 Å². The van der Waals surface area contributed by atoms with E-state index in [1.54, 1.807) is 0 Å². The van der Waals surface area contributed by atoms with Gasteiger partial charge in [0.25, 0.3) is 0 Å². The molecule has 0 bridgehead atoms. The first kappa shape index (κ1) is 14.3. The molecule has 1 saturated heterocycles. The lowest BCUT2D eigenvalue weighted by Gasteiger charge is -2.39. The van der Waals surface area contributed by atoms with Crippen LogP contribution in [0.4, 0.5) is 0 Å². The predicted octanol–water partition coefficient (Wildman–Crippen LogP) is 3.13. The molecule has 5 unspecified atom stereocenters. The molecular weight excluding hydrogens is 220 g/mol. The maximum atomic E-state index is 3.95. The second-order valence-corrected chi connectivity index (χ2v) is 7.12. The maximum Gasteiger partial charge on any atom is 0.00954 e. The van der Waals surface area contributed by atoms with Gasteiger partial charge in [-0.05, 0) is 70.4 Å². The molecule has 0 amide bonds. The summed E-state index contributed by atoms with van der Waals surface area (Å²) in [6, 6.07) is 1.46. The van der Waals surface area contributed by atoms with Gasteiger partial charge in [-0.15, -0.1) is 0 Å². The Kier molecular flexibility index (Phi) is 5.08. The van der Waals surface area contributed by atoms with Crippen molar-refractivity contribution in [3.8, 4) is 0 Å². The smallest absolute Gasteiger partial charge is 0.00954 e. The lowest BCUT2D eigenvalue weighted by Crippen LogP contribution is -2.49. The average molecular weight is 252 g/mol. The summed E-state index contributed by atoms with van der Waals surface area (Å²) in [5, 5.41) is 3.95. The highest BCUT2D eigenvalue weighted by Gasteiger charge is 2.29. The third-order valence-corrected chi connectivity index (χ3v) is 5.28. The maximum absolute atomic E-state index is 3.95. The fourth-order valence-corrected chi connectivity index (χ4v) is 4.00. The van der Waals surface area contributed by atoms with Crippen molar-refractivity contribution in [1.82, 2.24) is 10.2 Å². The van der Waals surface area contributed by atoms with E-state index in [0.29, 0.717) is 6.04 Å². The van der Waals surface area contributed by atoms with E-state index in [4.69, 9.17) is 0 Å². The fourth-order valence-electron chi connectivity index (χ4n) is 4.00. The van der Waals surface area contributed by atoms with Gasteiger partial charge in [-0.1, -0.05) is 13.8 Å². The fraction of sp³-hybridized carbons (Fsp3) is 1.00. The first-order valence-electron chi connectivity index (χ1n) is 8.01. The van der Waals surface area contributed by atoms with Gasteiger partial charge in [0.1, 0.15) is 0 Å². The van der Waals surface area contributed by atoms with Crippen molar-refractivity contribution in [2.75, 3.05) is 20.1 Å². The minimum atomic E-state index is 0.689. The van der Waals surface area contributed by atoms with Crippen LogP contribution in [0.3, 0.4) is 0 Å². The molecule has 1 aliphatic heterocycles. The highest BCUT2D eigenvalue weighted by atomic mass is 15.1. The molecule has 0 aromatic heterocycles. The number of rotatable bonds is 3. The van der Waals surface area contributed by atoms with Gasteiger partial charge in [0, 0.05) is 18.6 Å². The summed E-state index contributed by atoms with van der Waals surface area (Å²) in [5.41, 5.74) is 0. The molecule has 2 rings (SSSR count). The summed E-state index contributed by atoms with van der Waals surface area (Å²) in [5.74, 6) is 2.65. The molecule has 0 aromatic carbocycles. The third-order valence-electron chi connectivity index (χ3n) is 5.28. The Morgan fingerprint density at radius 3 is 2.61 bits per heavy atom. The van der Waals surface area contributed by atoms with E-state index in [0.717, 1.165) is 23.8 Å². The number of nitrogens with one attached hydrogen (secondary N) is 1. The van der Waals surface area contributed by atoms with Gasteiger partial charge in [0.15, 0.2) is 0 Å². The Morgan fingerprint density at radius 2 is 1.94 bits per heavy atom. The lowest BCUT2D eigenvalue weighted by molar-refractivity contribution is 0.149. The second-order valence-electron chi connectivity index (χ2n) is 7.12. The van der Waals surface area contributed by atoms with Crippen LogP contribution in [0.25, 0.3) is 0 Å². The molecule has 0 aromatic rings. The standard InChI is InChI=1S/C16H32N2/c1-12-7-8-16(13(2)10-12)17-14(3)15-6-5-9-18(4)11-15/h12-17H,5-11H2,1-4H3. The Morgan fingerprint density at radius 1 is 1.17 bits per heavy atom. The van der Waals surface area contributed by atoms with Crippen molar-refractivity contribution < 1.29 is 0 Å². The number of hydrogen-bond acceptors (Lipinski definition) is 2. The predicted molar refractivity (Wildman–Crippen MR) is 78.8 cm³/mol. The largest absolute Gasteiger partial charge is 0.311 e. The molecule has 2 nitrogen and oxygen atoms in total. The van der Waals surface area contributed by atoms with Crippen LogP contribution in [0, 0.1) is 17.8 Å². The van der Waals surface area contributed by atoms with Crippen LogP contribution in [0.15, 0.2) is 0 Å². The molecule has 0 radical (unpaired) electrons. The molecule has 1 aliphatic carbocycles. The van der Waals surface area contributed by atoms with Crippen molar-refractivity contribution in [3.05, 3.63) is 0 Å². The van der Waals surface area contributed by atoms with Gasteiger partial charge < -0.3 is 10.2 Å². The van der Waals surface area contributed by atoms with Crippen molar-refractivity contribution in [1.29, 1.82) is 0 Å². The average Bonchev–Trinajstić information content (AvgIpc) is 2.32. The van der Waals surface area contributed by atoms with Crippen LogP contribution in [0.2, 0.25) is 0 Å². The molecule has 106 valence electrons. The molecule has 2 aliphatic rings. The zero-order chi connectivity index (χ0) is 13.1. The Labute approximate surface area is 114 Å². The van der Waals surface area contributed by atoms with Gasteiger partial charge in [-0.2, -0.15) is 0 Å². The van der Waals surface area contributed by atoms with E-state index in [1.807, 2.05) is 0 Å². The molecule has 5 atom stereocenters. The van der Waals surface area contributed by atoms with Gasteiger partial charge >= 0.3 is 0 Å². The van der Waals surface area contributed by atoms with Crippen molar-refractivity contribution in [2.24, 2.45) is 17.8 Å². The lowest BCUT2D eigenvalue weighted by atomic mass is 9.79. The quantitative estimate of drug-likeness (QED) is 0.830. The molecule has 18 heavy (non-hydrogen) atoms. The topological polar surface area (TPSA) is 15.3 Å². The van der Waals surface area contributed by atoms with Gasteiger partial charge in [0.2, 0.25) is 0 Å². The van der Waals surface area contributed by atoms with Crippen LogP contribution in [0.5, 0.6) is 0 Å². The summed E-state index contributed by atoms with van der Waals surface area (Å²) in [6.45, 7) is 9.83. The van der Waals surface area contributed by atoms with Crippen LogP contribution < -0.4 is 5.32 Å². The summed E-state index contributed by atoms with van der Waals surface area (Å²) in [4.78, 5) is 2.50. The van der Waals surface area contributed by atoms with Gasteiger partial charge in [-0.3, -0.25) is 0 Å². The number of likely N-dealkylation sites (tertiary alicyclic amines) is 1. The molecule has 1 N–H and O–H groups in total. The Hall–Kier alpha value is -0.0800. The monoisotopic (exact) mass is 252 g/mol. The first-order valence-corrected chi connectivity index (χ1v) is 8.01. The molecular formula is C16H32N2. The highest BCUT2D eigenvalue weighted by Crippen LogP contribution is 2.30. The van der Waals surface area contributed by atoms with Crippen LogP contribution >= 0.6 is 0 Å². The summed E-state index contributed by atoms with van der Waals surface area (Å²) < 4.78 is 0. The Balaban J connectivity index is 1.81. The minimum Gasteiger partial charge on any atom is -0.311 e. The number of piperidine rings is 1. The van der Waals surface area contributed by atoms with E-state index >= 15 is 0 Å². The molecule has 0 spiro atoms. The van der Waals surface area contributed by atoms with E-state index in [9.17, 15) is 0 Å². The van der Waals surface area contributed by atoms with E-state index in [-0.39, 0.29) is 0 Å². The zero-order valence-corrected chi connectivity index (χ0v) is 12.8. The summed E-state index contributed by atoms with van der Waals surface area (Å²) in [6.07, 6.45) is 7.00. The van der Waals surface area contributed by atoms with Crippen molar-refractivity contribution >= 4 is 0 Å². The second kappa shape index (κ2) is 6.38. The number of nitrogens with zero attached hydrogens (tertiary/aromatic N) is 1. The molecule has 1 heterocycles. The SMILES string of the molecule is CC1CCC(NC(C)C2CCCN(C)C2)C(C)C1. The molecule has 1 saturated carbocycles. The third kappa shape index (κ3) is 3.71. The summed E-state index contributed by atoms with van der Waals surface area (Å²) in [7, 11) is 2.27. The van der Waals surface area contributed by atoms with Gasteiger partial charge in [0.05, 0.1) is 0 Å². The van der Waals surface area contributed by atoms with E-state index in [1.165, 1.54) is 45.2 Å². The number of hydrogen-bond donors (Lipinski definition) is 1. The molecule has 2 fully saturated rings. The van der Waals surface area contributed by atoms with Gasteiger partial charge in [-0.25, -0.2) is 0 Å². The van der Waals surface area contributed by atoms with E-state index < -0.39 is 0 Å². The van der Waals surface area contributed by atoms with Crippen molar-refractivity contribution in [3.63, 3.8) is 0 Å².